The van der Waals surface area contributed by atoms with Crippen molar-refractivity contribution in [2.24, 2.45) is 5.92 Å². The van der Waals surface area contributed by atoms with Crippen molar-refractivity contribution in [1.29, 1.82) is 0 Å². The molecule has 22 heavy (non-hydrogen) atoms. The summed E-state index contributed by atoms with van der Waals surface area (Å²) in [6, 6.07) is 9.39. The lowest BCUT2D eigenvalue weighted by Crippen LogP contribution is -2.40. The summed E-state index contributed by atoms with van der Waals surface area (Å²) in [6.07, 6.45) is 5.48. The van der Waals surface area contributed by atoms with Gasteiger partial charge in [0.2, 0.25) is 0 Å². The van der Waals surface area contributed by atoms with E-state index in [-0.39, 0.29) is 12.4 Å². The Morgan fingerprint density at radius 1 is 1.14 bits per heavy atom. The van der Waals surface area contributed by atoms with Crippen molar-refractivity contribution in [3.05, 3.63) is 29.8 Å². The number of ether oxygens (including phenoxy) is 1. The minimum Gasteiger partial charge on any atom is -0.494 e. The number of nitrogens with zero attached hydrogens (tertiary/aromatic N) is 1. The van der Waals surface area contributed by atoms with Crippen molar-refractivity contribution in [3.8, 4) is 5.75 Å². The number of hydrogen-bond donors (Lipinski definition) is 1. The molecule has 2 aliphatic heterocycles. The first-order valence-electron chi connectivity index (χ1n) is 8.52. The number of benzene rings is 1. The lowest BCUT2D eigenvalue weighted by atomic mass is 9.88. The van der Waals surface area contributed by atoms with Gasteiger partial charge in [-0.2, -0.15) is 0 Å². The Hall–Kier alpha value is -0.770. The van der Waals surface area contributed by atoms with Crippen LogP contribution in [-0.4, -0.2) is 37.2 Å². The van der Waals surface area contributed by atoms with Crippen molar-refractivity contribution >= 4 is 12.4 Å². The molecule has 1 aromatic rings. The number of rotatable bonds is 5. The molecule has 0 spiro atoms. The van der Waals surface area contributed by atoms with Gasteiger partial charge in [-0.3, -0.25) is 4.90 Å². The van der Waals surface area contributed by atoms with Crippen molar-refractivity contribution < 1.29 is 4.74 Å². The monoisotopic (exact) mass is 324 g/mol. The Bertz CT molecular complexity index is 423. The number of hydrogen-bond acceptors (Lipinski definition) is 3. The smallest absolute Gasteiger partial charge is 0.119 e. The van der Waals surface area contributed by atoms with Gasteiger partial charge in [0.1, 0.15) is 5.75 Å². The van der Waals surface area contributed by atoms with Crippen LogP contribution in [0.25, 0.3) is 0 Å². The molecule has 0 bridgehead atoms. The molecule has 3 nitrogen and oxygen atoms in total. The van der Waals surface area contributed by atoms with Crippen LogP contribution in [0.15, 0.2) is 24.3 Å². The van der Waals surface area contributed by atoms with Crippen LogP contribution in [0.1, 0.15) is 38.2 Å². The average molecular weight is 325 g/mol. The van der Waals surface area contributed by atoms with Crippen LogP contribution in [-0.2, 0) is 6.54 Å². The predicted molar refractivity (Wildman–Crippen MR) is 93.9 cm³/mol. The van der Waals surface area contributed by atoms with Crippen LogP contribution in [0, 0.1) is 5.92 Å². The van der Waals surface area contributed by atoms with Gasteiger partial charge in [0.25, 0.3) is 0 Å². The highest BCUT2D eigenvalue weighted by atomic mass is 35.5. The quantitative estimate of drug-likeness (QED) is 0.897. The minimum atomic E-state index is 0. The fourth-order valence-electron chi connectivity index (χ4n) is 3.74. The number of likely N-dealkylation sites (tertiary alicyclic amines) is 1. The van der Waals surface area contributed by atoms with Crippen LogP contribution >= 0.6 is 12.4 Å². The molecule has 0 saturated carbocycles. The summed E-state index contributed by atoms with van der Waals surface area (Å²) in [5.41, 5.74) is 1.40. The van der Waals surface area contributed by atoms with Gasteiger partial charge in [-0.1, -0.05) is 12.1 Å². The zero-order valence-electron chi connectivity index (χ0n) is 13.6. The molecule has 0 aromatic heterocycles. The Morgan fingerprint density at radius 2 is 1.86 bits per heavy atom. The average Bonchev–Trinajstić information content (AvgIpc) is 3.05. The van der Waals surface area contributed by atoms with Gasteiger partial charge in [-0.25, -0.2) is 0 Å². The third-order valence-corrected chi connectivity index (χ3v) is 4.94. The molecule has 2 aliphatic rings. The van der Waals surface area contributed by atoms with Crippen LogP contribution < -0.4 is 10.1 Å². The highest BCUT2D eigenvalue weighted by Gasteiger charge is 2.28. The zero-order valence-corrected chi connectivity index (χ0v) is 14.4. The van der Waals surface area contributed by atoms with E-state index >= 15 is 0 Å². The third kappa shape index (κ3) is 4.61. The maximum atomic E-state index is 5.50. The number of halogens is 1. The molecule has 2 heterocycles. The molecule has 2 saturated heterocycles. The summed E-state index contributed by atoms with van der Waals surface area (Å²) < 4.78 is 5.50. The highest BCUT2D eigenvalue weighted by molar-refractivity contribution is 5.85. The summed E-state index contributed by atoms with van der Waals surface area (Å²) in [7, 11) is 0. The molecule has 3 rings (SSSR count). The van der Waals surface area contributed by atoms with Crippen molar-refractivity contribution in [2.45, 2.75) is 45.2 Å². The molecule has 1 atom stereocenters. The largest absolute Gasteiger partial charge is 0.494 e. The van der Waals surface area contributed by atoms with E-state index in [0.29, 0.717) is 0 Å². The molecule has 0 aliphatic carbocycles. The van der Waals surface area contributed by atoms with E-state index in [1.807, 2.05) is 6.92 Å². The normalized spacial score (nSPS) is 23.2. The molecule has 2 fully saturated rings. The summed E-state index contributed by atoms with van der Waals surface area (Å²) >= 11 is 0. The first-order chi connectivity index (χ1) is 10.3. The first-order valence-corrected chi connectivity index (χ1v) is 8.52. The molecule has 0 radical (unpaired) electrons. The van der Waals surface area contributed by atoms with Crippen LogP contribution in [0.2, 0.25) is 0 Å². The second kappa shape index (κ2) is 8.76. The van der Waals surface area contributed by atoms with E-state index in [4.69, 9.17) is 4.74 Å². The lowest BCUT2D eigenvalue weighted by Gasteiger charge is -2.34. The Kier molecular flexibility index (Phi) is 7.00. The SMILES string of the molecule is CCOc1ccc(CN2CCC(C3CCCN3)CC2)cc1.Cl. The van der Waals surface area contributed by atoms with Gasteiger partial charge in [0.05, 0.1) is 6.61 Å². The lowest BCUT2D eigenvalue weighted by molar-refractivity contribution is 0.157. The van der Waals surface area contributed by atoms with E-state index in [0.717, 1.165) is 30.9 Å². The van der Waals surface area contributed by atoms with Crippen LogP contribution in [0.3, 0.4) is 0 Å². The summed E-state index contributed by atoms with van der Waals surface area (Å²) in [4.78, 5) is 2.60. The fraction of sp³-hybridized carbons (Fsp3) is 0.667. The van der Waals surface area contributed by atoms with Crippen molar-refractivity contribution in [1.82, 2.24) is 10.2 Å². The van der Waals surface area contributed by atoms with E-state index in [2.05, 4.69) is 34.5 Å². The van der Waals surface area contributed by atoms with Gasteiger partial charge < -0.3 is 10.1 Å². The second-order valence-electron chi connectivity index (χ2n) is 6.39. The topological polar surface area (TPSA) is 24.5 Å². The van der Waals surface area contributed by atoms with Gasteiger partial charge in [0.15, 0.2) is 0 Å². The first kappa shape index (κ1) is 17.6. The van der Waals surface area contributed by atoms with Crippen LogP contribution in [0.5, 0.6) is 5.75 Å². The maximum Gasteiger partial charge on any atom is 0.119 e. The molecular formula is C18H29ClN2O. The van der Waals surface area contributed by atoms with E-state index < -0.39 is 0 Å². The molecule has 1 N–H and O–H groups in total. The minimum absolute atomic E-state index is 0. The zero-order chi connectivity index (χ0) is 14.5. The maximum absolute atomic E-state index is 5.50. The van der Waals surface area contributed by atoms with E-state index in [1.54, 1.807) is 0 Å². The number of piperidine rings is 1. The van der Waals surface area contributed by atoms with Gasteiger partial charge in [-0.15, -0.1) is 12.4 Å². The highest BCUT2D eigenvalue weighted by Crippen LogP contribution is 2.26. The van der Waals surface area contributed by atoms with Gasteiger partial charge >= 0.3 is 0 Å². The van der Waals surface area contributed by atoms with Crippen molar-refractivity contribution in [3.63, 3.8) is 0 Å². The van der Waals surface area contributed by atoms with Gasteiger partial charge in [0, 0.05) is 12.6 Å². The third-order valence-electron chi connectivity index (χ3n) is 4.94. The molecule has 0 amide bonds. The van der Waals surface area contributed by atoms with Crippen molar-refractivity contribution in [2.75, 3.05) is 26.2 Å². The van der Waals surface area contributed by atoms with Crippen LogP contribution in [0.4, 0.5) is 0 Å². The summed E-state index contributed by atoms with van der Waals surface area (Å²) in [6.45, 7) is 7.57. The Labute approximate surface area is 140 Å². The standard InChI is InChI=1S/C18H28N2O.ClH/c1-2-21-17-7-5-15(6-8-17)14-20-12-9-16(10-13-20)18-4-3-11-19-18;/h5-8,16,18-19H,2-4,9-14H2,1H3;1H. The van der Waals surface area contributed by atoms with E-state index in [1.165, 1.54) is 50.9 Å². The summed E-state index contributed by atoms with van der Waals surface area (Å²) in [5.74, 6) is 1.89. The molecular weight excluding hydrogens is 296 g/mol. The molecule has 124 valence electrons. The summed E-state index contributed by atoms with van der Waals surface area (Å²) in [5, 5.41) is 3.68. The number of nitrogens with one attached hydrogen (secondary N) is 1. The Morgan fingerprint density at radius 3 is 2.45 bits per heavy atom. The molecule has 4 heteroatoms. The molecule has 1 unspecified atom stereocenters. The predicted octanol–water partition coefficient (Wildman–Crippen LogP) is 3.47. The fourth-order valence-corrected chi connectivity index (χ4v) is 3.74. The molecule has 1 aromatic carbocycles. The van der Waals surface area contributed by atoms with Gasteiger partial charge in [-0.05, 0) is 75.9 Å². The second-order valence-corrected chi connectivity index (χ2v) is 6.39. The Balaban J connectivity index is 0.00000176. The van der Waals surface area contributed by atoms with E-state index in [9.17, 15) is 0 Å².